The topological polar surface area (TPSA) is 12.5 Å². The third-order valence-corrected chi connectivity index (χ3v) is 2.95. The number of hydrogen-bond donors (Lipinski definition) is 0. The highest BCUT2D eigenvalue weighted by molar-refractivity contribution is 4.92. The molecule has 2 nitrogen and oxygen atoms in total. The summed E-state index contributed by atoms with van der Waals surface area (Å²) in [5.41, 5.74) is 0.378. The molecule has 1 fully saturated rings. The van der Waals surface area contributed by atoms with E-state index in [0.29, 0.717) is 11.6 Å². The Morgan fingerprint density at radius 1 is 1.55 bits per heavy atom. The van der Waals surface area contributed by atoms with Crippen LogP contribution in [0.25, 0.3) is 0 Å². The molecular weight excluding hydrogens is 138 g/mol. The summed E-state index contributed by atoms with van der Waals surface area (Å²) in [6.45, 7) is 5.46. The van der Waals surface area contributed by atoms with Crippen LogP contribution in [0.2, 0.25) is 0 Å². The quantitative estimate of drug-likeness (QED) is 0.602. The number of likely N-dealkylation sites (N-methyl/N-ethyl adjacent to an activating group) is 1. The molecule has 0 aliphatic carbocycles. The van der Waals surface area contributed by atoms with Crippen LogP contribution in [0.5, 0.6) is 0 Å². The van der Waals surface area contributed by atoms with Crippen molar-refractivity contribution in [3.05, 3.63) is 0 Å². The zero-order valence-corrected chi connectivity index (χ0v) is 8.05. The average molecular weight is 157 g/mol. The lowest BCUT2D eigenvalue weighted by molar-refractivity contribution is 0.0903. The lowest BCUT2D eigenvalue weighted by Crippen LogP contribution is -2.41. The molecule has 1 saturated heterocycles. The fraction of sp³-hybridized carbons (Fsp3) is 1.00. The molecule has 1 aliphatic heterocycles. The number of ether oxygens (including phenoxy) is 1. The van der Waals surface area contributed by atoms with E-state index >= 15 is 0 Å². The molecule has 0 aromatic heterocycles. The van der Waals surface area contributed by atoms with Crippen molar-refractivity contribution in [1.29, 1.82) is 0 Å². The molecule has 11 heavy (non-hydrogen) atoms. The van der Waals surface area contributed by atoms with Gasteiger partial charge >= 0.3 is 0 Å². The number of likely N-dealkylation sites (tertiary alicyclic amines) is 1. The van der Waals surface area contributed by atoms with Gasteiger partial charge in [0.25, 0.3) is 0 Å². The molecule has 0 amide bonds. The Labute approximate surface area is 69.5 Å². The van der Waals surface area contributed by atoms with Crippen LogP contribution in [-0.4, -0.2) is 37.2 Å². The molecule has 1 rings (SSSR count). The van der Waals surface area contributed by atoms with Crippen molar-refractivity contribution in [1.82, 2.24) is 4.90 Å². The molecule has 66 valence electrons. The van der Waals surface area contributed by atoms with Gasteiger partial charge in [-0.2, -0.15) is 0 Å². The minimum absolute atomic E-state index is 0.378. The smallest absolute Gasteiger partial charge is 0.0618 e. The summed E-state index contributed by atoms with van der Waals surface area (Å²) in [5.74, 6) is 0. The molecule has 0 aromatic rings. The minimum Gasteiger partial charge on any atom is -0.383 e. The van der Waals surface area contributed by atoms with Crippen molar-refractivity contribution in [3.63, 3.8) is 0 Å². The zero-order chi connectivity index (χ0) is 8.48. The summed E-state index contributed by atoms with van der Waals surface area (Å²) in [5, 5.41) is 0. The van der Waals surface area contributed by atoms with Crippen LogP contribution in [-0.2, 0) is 4.74 Å². The van der Waals surface area contributed by atoms with Crippen LogP contribution >= 0.6 is 0 Å². The maximum Gasteiger partial charge on any atom is 0.0618 e. The first-order valence-corrected chi connectivity index (χ1v) is 4.30. The van der Waals surface area contributed by atoms with Gasteiger partial charge < -0.3 is 4.74 Å². The summed E-state index contributed by atoms with van der Waals surface area (Å²) < 4.78 is 5.15. The summed E-state index contributed by atoms with van der Waals surface area (Å²) in [7, 11) is 3.97. The van der Waals surface area contributed by atoms with Gasteiger partial charge in [-0.25, -0.2) is 0 Å². The van der Waals surface area contributed by atoms with Crippen molar-refractivity contribution < 1.29 is 4.74 Å². The van der Waals surface area contributed by atoms with E-state index in [-0.39, 0.29) is 0 Å². The highest BCUT2D eigenvalue weighted by Gasteiger charge is 2.35. The minimum atomic E-state index is 0.378. The van der Waals surface area contributed by atoms with Crippen LogP contribution in [0.15, 0.2) is 0 Å². The number of rotatable bonds is 2. The first-order valence-electron chi connectivity index (χ1n) is 4.30. The zero-order valence-electron chi connectivity index (χ0n) is 8.05. The van der Waals surface area contributed by atoms with Crippen LogP contribution in [0, 0.1) is 0 Å². The fourth-order valence-corrected chi connectivity index (χ4v) is 1.77. The standard InChI is InChI=1S/C9H19NO/c1-9(2)6-5-8(7-11-4)10(9)3/h8H,5-7H2,1-4H3/t8-/m1/s1. The Kier molecular flexibility index (Phi) is 2.55. The van der Waals surface area contributed by atoms with Crippen molar-refractivity contribution in [2.75, 3.05) is 20.8 Å². The normalized spacial score (nSPS) is 31.1. The number of hydrogen-bond acceptors (Lipinski definition) is 2. The molecule has 0 saturated carbocycles. The van der Waals surface area contributed by atoms with Gasteiger partial charge in [0.05, 0.1) is 6.61 Å². The van der Waals surface area contributed by atoms with E-state index in [1.807, 2.05) is 0 Å². The van der Waals surface area contributed by atoms with Gasteiger partial charge in [-0.3, -0.25) is 4.90 Å². The molecule has 1 heterocycles. The van der Waals surface area contributed by atoms with E-state index in [1.54, 1.807) is 7.11 Å². The third kappa shape index (κ3) is 1.74. The molecular formula is C9H19NO. The van der Waals surface area contributed by atoms with E-state index in [1.165, 1.54) is 12.8 Å². The molecule has 1 aliphatic rings. The van der Waals surface area contributed by atoms with Gasteiger partial charge in [0, 0.05) is 18.7 Å². The van der Waals surface area contributed by atoms with Crippen molar-refractivity contribution in [3.8, 4) is 0 Å². The Balaban J connectivity index is 2.49. The molecule has 0 bridgehead atoms. The van der Waals surface area contributed by atoms with Gasteiger partial charge in [-0.15, -0.1) is 0 Å². The second kappa shape index (κ2) is 3.11. The van der Waals surface area contributed by atoms with Crippen LogP contribution in [0.4, 0.5) is 0 Å². The van der Waals surface area contributed by atoms with E-state index in [2.05, 4.69) is 25.8 Å². The maximum absolute atomic E-state index is 5.15. The molecule has 0 aromatic carbocycles. The predicted molar refractivity (Wildman–Crippen MR) is 46.7 cm³/mol. The van der Waals surface area contributed by atoms with Gasteiger partial charge in [-0.05, 0) is 33.7 Å². The molecule has 0 unspecified atom stereocenters. The molecule has 2 heteroatoms. The third-order valence-electron chi connectivity index (χ3n) is 2.95. The van der Waals surface area contributed by atoms with Crippen LogP contribution < -0.4 is 0 Å². The molecule has 0 N–H and O–H groups in total. The second-order valence-corrected chi connectivity index (χ2v) is 4.07. The molecule has 0 radical (unpaired) electrons. The fourth-order valence-electron chi connectivity index (χ4n) is 1.77. The van der Waals surface area contributed by atoms with Crippen molar-refractivity contribution >= 4 is 0 Å². The van der Waals surface area contributed by atoms with Gasteiger partial charge in [0.15, 0.2) is 0 Å². The predicted octanol–water partition coefficient (Wildman–Crippen LogP) is 1.51. The van der Waals surface area contributed by atoms with E-state index in [0.717, 1.165) is 6.61 Å². The Morgan fingerprint density at radius 2 is 2.18 bits per heavy atom. The van der Waals surface area contributed by atoms with E-state index < -0.39 is 0 Å². The first-order chi connectivity index (χ1) is 5.08. The lowest BCUT2D eigenvalue weighted by atomic mass is 10.0. The van der Waals surface area contributed by atoms with Crippen molar-refractivity contribution in [2.45, 2.75) is 38.3 Å². The van der Waals surface area contributed by atoms with E-state index in [9.17, 15) is 0 Å². The van der Waals surface area contributed by atoms with Gasteiger partial charge in [0.2, 0.25) is 0 Å². The Hall–Kier alpha value is -0.0800. The van der Waals surface area contributed by atoms with E-state index in [4.69, 9.17) is 4.74 Å². The highest BCUT2D eigenvalue weighted by atomic mass is 16.5. The first kappa shape index (κ1) is 9.01. The largest absolute Gasteiger partial charge is 0.383 e. The maximum atomic E-state index is 5.15. The Bertz CT molecular complexity index is 134. The van der Waals surface area contributed by atoms with Gasteiger partial charge in [-0.1, -0.05) is 0 Å². The molecule has 0 spiro atoms. The summed E-state index contributed by atoms with van der Waals surface area (Å²) in [6.07, 6.45) is 2.56. The SMILES string of the molecule is COC[C@H]1CCC(C)(C)N1C. The molecule has 1 atom stereocenters. The Morgan fingerprint density at radius 3 is 2.55 bits per heavy atom. The van der Waals surface area contributed by atoms with Gasteiger partial charge in [0.1, 0.15) is 0 Å². The number of nitrogens with zero attached hydrogens (tertiary/aromatic N) is 1. The lowest BCUT2D eigenvalue weighted by Gasteiger charge is -2.31. The van der Waals surface area contributed by atoms with Crippen LogP contribution in [0.3, 0.4) is 0 Å². The summed E-state index contributed by atoms with van der Waals surface area (Å²) in [4.78, 5) is 2.43. The number of methoxy groups -OCH3 is 1. The van der Waals surface area contributed by atoms with Crippen LogP contribution in [0.1, 0.15) is 26.7 Å². The monoisotopic (exact) mass is 157 g/mol. The van der Waals surface area contributed by atoms with Crippen molar-refractivity contribution in [2.24, 2.45) is 0 Å². The summed E-state index contributed by atoms with van der Waals surface area (Å²) >= 11 is 0. The average Bonchev–Trinajstić information content (AvgIpc) is 2.17. The summed E-state index contributed by atoms with van der Waals surface area (Å²) in [6, 6.07) is 0.634. The highest BCUT2D eigenvalue weighted by Crippen LogP contribution is 2.31. The second-order valence-electron chi connectivity index (χ2n) is 4.07.